The molecule has 0 saturated carbocycles. The van der Waals surface area contributed by atoms with Crippen LogP contribution in [0, 0.1) is 13.8 Å². The minimum atomic E-state index is -0.310. The van der Waals surface area contributed by atoms with E-state index in [1.165, 1.54) is 5.56 Å². The number of aromatic nitrogens is 3. The highest BCUT2D eigenvalue weighted by atomic mass is 16.1. The topological polar surface area (TPSA) is 79.8 Å². The van der Waals surface area contributed by atoms with Gasteiger partial charge in [0.15, 0.2) is 0 Å². The van der Waals surface area contributed by atoms with E-state index in [-0.39, 0.29) is 11.6 Å². The number of rotatable bonds is 4. The highest BCUT2D eigenvalue weighted by molar-refractivity contribution is 6.07. The average Bonchev–Trinajstić information content (AvgIpc) is 2.69. The van der Waals surface area contributed by atoms with Gasteiger partial charge in [-0.25, -0.2) is 9.97 Å². The van der Waals surface area contributed by atoms with Crippen LogP contribution in [0.5, 0.6) is 0 Å². The van der Waals surface area contributed by atoms with Crippen molar-refractivity contribution in [2.45, 2.75) is 13.8 Å². The first kappa shape index (κ1) is 17.6. The van der Waals surface area contributed by atoms with Crippen molar-refractivity contribution in [2.24, 2.45) is 0 Å². The molecule has 0 bridgehead atoms. The Kier molecular flexibility index (Phi) is 4.68. The second kappa shape index (κ2) is 7.44. The van der Waals surface area contributed by atoms with E-state index in [9.17, 15) is 4.79 Å². The zero-order valence-electron chi connectivity index (χ0n) is 15.6. The maximum Gasteiger partial charge on any atom is 0.274 e. The molecular formula is C22H19N5O. The number of fused-ring (bicyclic) bond motifs is 1. The summed E-state index contributed by atoms with van der Waals surface area (Å²) in [5.74, 6) is 0.770. The SMILES string of the molecule is Cc1ccc(Nc2cc(C(=O)Nc3cccc4cccnc34)nc(C)n2)cc1. The monoisotopic (exact) mass is 369 g/mol. The largest absolute Gasteiger partial charge is 0.340 e. The first-order valence-electron chi connectivity index (χ1n) is 8.93. The molecule has 0 atom stereocenters. The molecule has 4 rings (SSSR count). The lowest BCUT2D eigenvalue weighted by Crippen LogP contribution is -2.15. The fraction of sp³-hybridized carbons (Fsp3) is 0.0909. The van der Waals surface area contributed by atoms with E-state index >= 15 is 0 Å². The van der Waals surface area contributed by atoms with Crippen molar-refractivity contribution in [1.29, 1.82) is 0 Å². The highest BCUT2D eigenvalue weighted by Gasteiger charge is 2.13. The molecule has 0 aliphatic heterocycles. The predicted octanol–water partition coefficient (Wildman–Crippen LogP) is 4.64. The summed E-state index contributed by atoms with van der Waals surface area (Å²) in [6.45, 7) is 3.79. The fourth-order valence-corrected chi connectivity index (χ4v) is 2.92. The lowest BCUT2D eigenvalue weighted by Gasteiger charge is -2.10. The van der Waals surface area contributed by atoms with Gasteiger partial charge in [0.2, 0.25) is 0 Å². The molecule has 0 aliphatic rings. The summed E-state index contributed by atoms with van der Waals surface area (Å²) in [6.07, 6.45) is 1.70. The first-order chi connectivity index (χ1) is 13.6. The summed E-state index contributed by atoms with van der Waals surface area (Å²) in [5.41, 5.74) is 3.74. The minimum Gasteiger partial charge on any atom is -0.340 e. The number of carbonyl (C=O) groups is 1. The van der Waals surface area contributed by atoms with Crippen LogP contribution >= 0.6 is 0 Å². The third-order valence-electron chi connectivity index (χ3n) is 4.28. The van der Waals surface area contributed by atoms with E-state index in [0.717, 1.165) is 16.6 Å². The molecule has 28 heavy (non-hydrogen) atoms. The van der Waals surface area contributed by atoms with Crippen LogP contribution in [0.25, 0.3) is 10.9 Å². The smallest absolute Gasteiger partial charge is 0.274 e. The van der Waals surface area contributed by atoms with Gasteiger partial charge in [0.05, 0.1) is 11.2 Å². The summed E-state index contributed by atoms with van der Waals surface area (Å²) in [5, 5.41) is 7.08. The Labute approximate surface area is 162 Å². The van der Waals surface area contributed by atoms with Gasteiger partial charge < -0.3 is 10.6 Å². The number of benzene rings is 2. The van der Waals surface area contributed by atoms with Crippen molar-refractivity contribution in [3.8, 4) is 0 Å². The molecule has 6 heteroatoms. The minimum absolute atomic E-state index is 0.287. The number of aryl methyl sites for hydroxylation is 2. The van der Waals surface area contributed by atoms with Gasteiger partial charge in [-0.2, -0.15) is 0 Å². The fourth-order valence-electron chi connectivity index (χ4n) is 2.92. The van der Waals surface area contributed by atoms with E-state index in [2.05, 4.69) is 25.6 Å². The van der Waals surface area contributed by atoms with Crippen LogP contribution in [0.1, 0.15) is 21.9 Å². The second-order valence-corrected chi connectivity index (χ2v) is 6.51. The van der Waals surface area contributed by atoms with Gasteiger partial charge in [-0.05, 0) is 38.1 Å². The molecule has 138 valence electrons. The van der Waals surface area contributed by atoms with Crippen molar-refractivity contribution < 1.29 is 4.79 Å². The molecule has 0 aliphatic carbocycles. The zero-order valence-corrected chi connectivity index (χ0v) is 15.6. The van der Waals surface area contributed by atoms with Gasteiger partial charge in [0.1, 0.15) is 17.3 Å². The normalized spacial score (nSPS) is 10.6. The number of nitrogens with zero attached hydrogens (tertiary/aromatic N) is 3. The van der Waals surface area contributed by atoms with Crippen molar-refractivity contribution in [3.63, 3.8) is 0 Å². The Bertz CT molecular complexity index is 1150. The number of amides is 1. The Morgan fingerprint density at radius 1 is 0.929 bits per heavy atom. The van der Waals surface area contributed by atoms with Crippen LogP contribution in [-0.4, -0.2) is 20.9 Å². The molecule has 0 saturated heterocycles. The molecule has 2 heterocycles. The summed E-state index contributed by atoms with van der Waals surface area (Å²) in [6, 6.07) is 19.1. The number of para-hydroxylation sites is 1. The summed E-state index contributed by atoms with van der Waals surface area (Å²) >= 11 is 0. The lowest BCUT2D eigenvalue weighted by atomic mass is 10.2. The maximum absolute atomic E-state index is 12.8. The molecule has 1 amide bonds. The molecule has 0 unspecified atom stereocenters. The third kappa shape index (κ3) is 3.81. The van der Waals surface area contributed by atoms with Crippen molar-refractivity contribution >= 4 is 34.0 Å². The van der Waals surface area contributed by atoms with Gasteiger partial charge in [-0.1, -0.05) is 35.9 Å². The molecule has 0 radical (unpaired) electrons. The lowest BCUT2D eigenvalue weighted by molar-refractivity contribution is 0.102. The van der Waals surface area contributed by atoms with E-state index in [1.807, 2.05) is 61.5 Å². The maximum atomic E-state index is 12.8. The van der Waals surface area contributed by atoms with E-state index in [1.54, 1.807) is 19.2 Å². The molecule has 0 spiro atoms. The summed E-state index contributed by atoms with van der Waals surface area (Å²) < 4.78 is 0. The van der Waals surface area contributed by atoms with Crippen LogP contribution in [0.2, 0.25) is 0 Å². The van der Waals surface area contributed by atoms with Crippen LogP contribution < -0.4 is 10.6 Å². The third-order valence-corrected chi connectivity index (χ3v) is 4.28. The van der Waals surface area contributed by atoms with Crippen LogP contribution in [0.3, 0.4) is 0 Å². The number of hydrogen-bond donors (Lipinski definition) is 2. The highest BCUT2D eigenvalue weighted by Crippen LogP contribution is 2.22. The number of anilines is 3. The average molecular weight is 369 g/mol. The molecule has 2 N–H and O–H groups in total. The number of nitrogens with one attached hydrogen (secondary N) is 2. The second-order valence-electron chi connectivity index (χ2n) is 6.51. The van der Waals surface area contributed by atoms with Crippen LogP contribution in [0.4, 0.5) is 17.2 Å². The van der Waals surface area contributed by atoms with Gasteiger partial charge >= 0.3 is 0 Å². The Hall–Kier alpha value is -3.80. The van der Waals surface area contributed by atoms with Gasteiger partial charge in [-0.15, -0.1) is 0 Å². The van der Waals surface area contributed by atoms with Crippen molar-refractivity contribution in [2.75, 3.05) is 10.6 Å². The first-order valence-corrected chi connectivity index (χ1v) is 8.93. The van der Waals surface area contributed by atoms with Crippen LogP contribution in [-0.2, 0) is 0 Å². The molecule has 2 aromatic carbocycles. The van der Waals surface area contributed by atoms with Crippen molar-refractivity contribution in [1.82, 2.24) is 15.0 Å². The molecule has 6 nitrogen and oxygen atoms in total. The van der Waals surface area contributed by atoms with Gasteiger partial charge in [0.25, 0.3) is 5.91 Å². The molecule has 2 aromatic heterocycles. The van der Waals surface area contributed by atoms with Crippen LogP contribution in [0.15, 0.2) is 66.9 Å². The van der Waals surface area contributed by atoms with E-state index < -0.39 is 0 Å². The van der Waals surface area contributed by atoms with Gasteiger partial charge in [0, 0.05) is 23.3 Å². The molecule has 0 fully saturated rings. The Balaban J connectivity index is 1.60. The van der Waals surface area contributed by atoms with Gasteiger partial charge in [-0.3, -0.25) is 9.78 Å². The predicted molar refractivity (Wildman–Crippen MR) is 111 cm³/mol. The Morgan fingerprint density at radius 2 is 1.71 bits per heavy atom. The van der Waals surface area contributed by atoms with Crippen molar-refractivity contribution in [3.05, 3.63) is 83.9 Å². The standard InChI is InChI=1S/C22H19N5O/c1-14-8-10-17(11-9-14)26-20-13-19(24-15(2)25-20)22(28)27-18-7-3-5-16-6-4-12-23-21(16)18/h3-13H,1-2H3,(H,27,28)(H,24,25,26). The zero-order chi connectivity index (χ0) is 19.5. The number of pyridine rings is 1. The molecule has 4 aromatic rings. The van der Waals surface area contributed by atoms with E-state index in [4.69, 9.17) is 0 Å². The number of hydrogen-bond acceptors (Lipinski definition) is 5. The summed E-state index contributed by atoms with van der Waals surface area (Å²) in [7, 11) is 0. The number of carbonyl (C=O) groups excluding carboxylic acids is 1. The Morgan fingerprint density at radius 3 is 2.54 bits per heavy atom. The quantitative estimate of drug-likeness (QED) is 0.548. The molecular weight excluding hydrogens is 350 g/mol. The summed E-state index contributed by atoms with van der Waals surface area (Å²) in [4.78, 5) is 25.8. The van der Waals surface area contributed by atoms with E-state index in [0.29, 0.717) is 17.3 Å².